The topological polar surface area (TPSA) is 96.9 Å². The van der Waals surface area contributed by atoms with Gasteiger partial charge < -0.3 is 9.47 Å². The van der Waals surface area contributed by atoms with Gasteiger partial charge in [0.1, 0.15) is 22.9 Å². The molecular formula is C18H17FN2O5S. The standard InChI is InChI=1S/C18H17FN2O5S/c19-12-1-3-13(4-2-12)26-14-5-7-15(8-6-14)27(24)16-11-25-10-9-18(16,21-27)17(22)20-23/h1-8,23H,9-11H2,(H,20,22)(H,21,24). The Labute approximate surface area is 155 Å². The van der Waals surface area contributed by atoms with Gasteiger partial charge in [-0.2, -0.15) is 0 Å². The molecule has 0 radical (unpaired) electrons. The molecule has 0 spiro atoms. The van der Waals surface area contributed by atoms with Gasteiger partial charge in [-0.25, -0.2) is 18.8 Å². The van der Waals surface area contributed by atoms with E-state index >= 15 is 0 Å². The van der Waals surface area contributed by atoms with Crippen molar-refractivity contribution in [3.8, 4) is 11.5 Å². The van der Waals surface area contributed by atoms with Gasteiger partial charge in [-0.05, 0) is 48.5 Å². The maximum absolute atomic E-state index is 13.4. The maximum Gasteiger partial charge on any atom is 0.269 e. The van der Waals surface area contributed by atoms with E-state index in [-0.39, 0.29) is 18.8 Å². The second kappa shape index (κ2) is 6.61. The van der Waals surface area contributed by atoms with E-state index < -0.39 is 21.2 Å². The Hall–Kier alpha value is -2.46. The second-order valence-electron chi connectivity index (χ2n) is 6.26. The molecule has 7 nitrogen and oxygen atoms in total. The summed E-state index contributed by atoms with van der Waals surface area (Å²) in [6.07, 6.45) is 0.289. The van der Waals surface area contributed by atoms with Crippen molar-refractivity contribution in [3.05, 3.63) is 54.3 Å². The van der Waals surface area contributed by atoms with E-state index in [1.54, 1.807) is 29.7 Å². The zero-order chi connectivity index (χ0) is 19.1. The van der Waals surface area contributed by atoms with Crippen LogP contribution in [0.25, 0.3) is 0 Å². The molecule has 2 unspecified atom stereocenters. The lowest BCUT2D eigenvalue weighted by atomic mass is 9.90. The highest BCUT2D eigenvalue weighted by Crippen LogP contribution is 2.34. The average molecular weight is 392 g/mol. The fourth-order valence-corrected chi connectivity index (χ4v) is 5.96. The molecule has 27 heavy (non-hydrogen) atoms. The van der Waals surface area contributed by atoms with E-state index in [0.29, 0.717) is 27.9 Å². The Kier molecular flexibility index (Phi) is 4.39. The van der Waals surface area contributed by atoms with Gasteiger partial charge in [-0.3, -0.25) is 10.0 Å². The summed E-state index contributed by atoms with van der Waals surface area (Å²) >= 11 is 0. The summed E-state index contributed by atoms with van der Waals surface area (Å²) in [7, 11) is -2.81. The molecule has 4 rings (SSSR count). The third-order valence-electron chi connectivity index (χ3n) is 4.69. The summed E-state index contributed by atoms with van der Waals surface area (Å²) in [5.74, 6) is -0.0236. The molecule has 9 heteroatoms. The molecule has 1 amide bonds. The largest absolute Gasteiger partial charge is 0.457 e. The number of hydroxylamine groups is 1. The molecule has 0 bridgehead atoms. The van der Waals surface area contributed by atoms with Gasteiger partial charge in [0.05, 0.1) is 21.2 Å². The van der Waals surface area contributed by atoms with Crippen LogP contribution in [0.5, 0.6) is 11.5 Å². The van der Waals surface area contributed by atoms with Crippen LogP contribution in [-0.4, -0.2) is 38.9 Å². The molecule has 2 aliphatic rings. The SMILES string of the molecule is O=C(NO)C12CCOCC1=S(=O)(c1ccc(Oc3ccc(F)cc3)cc1)N2. The summed E-state index contributed by atoms with van der Waals surface area (Å²) in [4.78, 5) is 13.0. The second-order valence-corrected chi connectivity index (χ2v) is 8.54. The number of halogens is 1. The van der Waals surface area contributed by atoms with Crippen molar-refractivity contribution in [1.82, 2.24) is 10.2 Å². The molecule has 2 heterocycles. The number of hydrogen-bond donors (Lipinski definition) is 3. The number of carbonyl (C=O) groups is 1. The van der Waals surface area contributed by atoms with Crippen LogP contribution in [0.1, 0.15) is 6.42 Å². The first kappa shape index (κ1) is 17.9. The van der Waals surface area contributed by atoms with Gasteiger partial charge in [0, 0.05) is 17.9 Å². The van der Waals surface area contributed by atoms with Crippen LogP contribution in [0.4, 0.5) is 4.39 Å². The monoisotopic (exact) mass is 392 g/mol. The fraction of sp³-hybridized carbons (Fsp3) is 0.222. The summed E-state index contributed by atoms with van der Waals surface area (Å²) < 4.78 is 40.2. The molecule has 1 fully saturated rings. The molecule has 0 aromatic heterocycles. The Balaban J connectivity index is 1.63. The Morgan fingerprint density at radius 1 is 1.19 bits per heavy atom. The van der Waals surface area contributed by atoms with Crippen molar-refractivity contribution in [2.75, 3.05) is 13.2 Å². The molecule has 2 aromatic carbocycles. The van der Waals surface area contributed by atoms with E-state index in [1.807, 2.05) is 0 Å². The van der Waals surface area contributed by atoms with E-state index in [0.717, 1.165) is 0 Å². The first-order chi connectivity index (χ1) is 13.0. The first-order valence-corrected chi connectivity index (χ1v) is 9.79. The normalized spacial score (nSPS) is 26.7. The summed E-state index contributed by atoms with van der Waals surface area (Å²) in [5.41, 5.74) is 0.463. The quantitative estimate of drug-likeness (QED) is 0.417. The van der Waals surface area contributed by atoms with Crippen LogP contribution in [0.2, 0.25) is 0 Å². The highest BCUT2D eigenvalue weighted by Gasteiger charge is 2.56. The van der Waals surface area contributed by atoms with Gasteiger partial charge in [0.25, 0.3) is 5.91 Å². The van der Waals surface area contributed by atoms with Gasteiger partial charge >= 0.3 is 0 Å². The molecule has 1 saturated heterocycles. The van der Waals surface area contributed by atoms with Crippen molar-refractivity contribution < 1.29 is 28.1 Å². The number of amides is 1. The number of rotatable bonds is 4. The van der Waals surface area contributed by atoms with E-state index in [9.17, 15) is 13.4 Å². The number of carbonyl (C=O) groups excluding carboxylic acids is 1. The van der Waals surface area contributed by atoms with E-state index in [1.165, 1.54) is 24.3 Å². The molecule has 2 atom stereocenters. The van der Waals surface area contributed by atoms with Gasteiger partial charge in [-0.15, -0.1) is 0 Å². The molecule has 0 saturated carbocycles. The molecule has 142 valence electrons. The zero-order valence-electron chi connectivity index (χ0n) is 14.1. The van der Waals surface area contributed by atoms with Crippen molar-refractivity contribution in [2.24, 2.45) is 0 Å². The molecule has 2 aliphatic heterocycles. The highest BCUT2D eigenvalue weighted by molar-refractivity contribution is 8.02. The van der Waals surface area contributed by atoms with E-state index in [4.69, 9.17) is 14.7 Å². The van der Waals surface area contributed by atoms with Crippen LogP contribution in [-0.2, 0) is 19.2 Å². The predicted molar refractivity (Wildman–Crippen MR) is 95.6 cm³/mol. The molecule has 2 aromatic rings. The molecule has 0 aliphatic carbocycles. The summed E-state index contributed by atoms with van der Waals surface area (Å²) in [6, 6.07) is 12.2. The van der Waals surface area contributed by atoms with Crippen LogP contribution >= 0.6 is 0 Å². The minimum Gasteiger partial charge on any atom is -0.457 e. The zero-order valence-corrected chi connectivity index (χ0v) is 14.9. The minimum absolute atomic E-state index is 0.0765. The lowest BCUT2D eigenvalue weighted by Gasteiger charge is -2.48. The van der Waals surface area contributed by atoms with Crippen LogP contribution in [0.3, 0.4) is 0 Å². The van der Waals surface area contributed by atoms with Crippen LogP contribution in [0, 0.1) is 5.82 Å². The number of nitrogens with one attached hydrogen (secondary N) is 2. The van der Waals surface area contributed by atoms with Gasteiger partial charge in [0.15, 0.2) is 0 Å². The van der Waals surface area contributed by atoms with Crippen molar-refractivity contribution in [1.29, 1.82) is 0 Å². The molecular weight excluding hydrogens is 375 g/mol. The smallest absolute Gasteiger partial charge is 0.269 e. The van der Waals surface area contributed by atoms with Crippen molar-refractivity contribution >= 4 is 20.5 Å². The third kappa shape index (κ3) is 2.88. The van der Waals surface area contributed by atoms with E-state index in [2.05, 4.69) is 4.72 Å². The fourth-order valence-electron chi connectivity index (χ4n) is 3.27. The Bertz CT molecular complexity index is 999. The number of ether oxygens (including phenoxy) is 2. The average Bonchev–Trinajstić information content (AvgIpc) is 2.68. The van der Waals surface area contributed by atoms with Crippen LogP contribution < -0.4 is 14.9 Å². The van der Waals surface area contributed by atoms with Crippen molar-refractivity contribution in [3.63, 3.8) is 0 Å². The molecule has 3 N–H and O–H groups in total. The van der Waals surface area contributed by atoms with Gasteiger partial charge in [-0.1, -0.05) is 0 Å². The predicted octanol–water partition coefficient (Wildman–Crippen LogP) is 1.62. The minimum atomic E-state index is -2.81. The number of hydrogen-bond acceptors (Lipinski definition) is 5. The lowest BCUT2D eigenvalue weighted by molar-refractivity contribution is -0.134. The first-order valence-electron chi connectivity index (χ1n) is 8.23. The lowest BCUT2D eigenvalue weighted by Crippen LogP contribution is -2.75. The number of benzene rings is 2. The summed E-state index contributed by atoms with van der Waals surface area (Å²) in [6.45, 7) is 0.400. The summed E-state index contributed by atoms with van der Waals surface area (Å²) in [5, 5.41) is 9.01. The number of fused-ring (bicyclic) bond motifs is 1. The highest BCUT2D eigenvalue weighted by atomic mass is 32.2. The van der Waals surface area contributed by atoms with Crippen LogP contribution in [0.15, 0.2) is 53.4 Å². The van der Waals surface area contributed by atoms with Gasteiger partial charge in [0.2, 0.25) is 0 Å². The Morgan fingerprint density at radius 3 is 2.44 bits per heavy atom. The van der Waals surface area contributed by atoms with Crippen molar-refractivity contribution in [2.45, 2.75) is 16.9 Å². The Morgan fingerprint density at radius 2 is 1.81 bits per heavy atom. The maximum atomic E-state index is 13.4. The third-order valence-corrected chi connectivity index (χ3v) is 7.42.